The Kier molecular flexibility index (Phi) is 6.69. The smallest absolute Gasteiger partial charge is 0.000451 e. The van der Waals surface area contributed by atoms with Gasteiger partial charge < -0.3 is 9.80 Å². The van der Waals surface area contributed by atoms with Crippen molar-refractivity contribution in [3.63, 3.8) is 0 Å². The molecule has 2 nitrogen and oxygen atoms in total. The van der Waals surface area contributed by atoms with Gasteiger partial charge in [-0.05, 0) is 71.1 Å². The molecule has 90 valence electrons. The highest BCUT2D eigenvalue weighted by Gasteiger charge is 2.18. The van der Waals surface area contributed by atoms with Gasteiger partial charge in [-0.3, -0.25) is 0 Å². The molecular weight excluding hydrogens is 204 g/mol. The molecule has 0 saturated carbocycles. The molecule has 0 unspecified atom stereocenters. The lowest BCUT2D eigenvalue weighted by atomic mass is 9.96. The minimum Gasteiger partial charge on any atom is -0.309 e. The Morgan fingerprint density at radius 1 is 1.20 bits per heavy atom. The lowest BCUT2D eigenvalue weighted by Gasteiger charge is -2.33. The van der Waals surface area contributed by atoms with Gasteiger partial charge in [0.05, 0.1) is 0 Å². The van der Waals surface area contributed by atoms with E-state index in [1.54, 1.807) is 0 Å². The molecule has 0 amide bonds. The second-order valence-electron chi connectivity index (χ2n) is 4.98. The summed E-state index contributed by atoms with van der Waals surface area (Å²) >= 11 is 4.25. The number of thiol groups is 1. The summed E-state index contributed by atoms with van der Waals surface area (Å²) in [5.74, 6) is 1.97. The highest BCUT2D eigenvalue weighted by molar-refractivity contribution is 7.80. The molecule has 1 aliphatic rings. The Labute approximate surface area is 100 Å². The van der Waals surface area contributed by atoms with Crippen LogP contribution in [0, 0.1) is 5.92 Å². The van der Waals surface area contributed by atoms with E-state index in [1.807, 2.05) is 0 Å². The SMILES string of the molecule is CN(C)CC1CCN(CCCCS)CC1. The van der Waals surface area contributed by atoms with E-state index in [0.29, 0.717) is 0 Å². The average Bonchev–Trinajstić information content (AvgIpc) is 2.20. The Hall–Kier alpha value is 0.270. The van der Waals surface area contributed by atoms with E-state index in [2.05, 4.69) is 36.5 Å². The zero-order chi connectivity index (χ0) is 11.1. The Balaban J connectivity index is 2.07. The van der Waals surface area contributed by atoms with Crippen molar-refractivity contribution in [2.75, 3.05) is 46.0 Å². The quantitative estimate of drug-likeness (QED) is 0.550. The van der Waals surface area contributed by atoms with Crippen molar-refractivity contribution < 1.29 is 0 Å². The molecule has 0 atom stereocenters. The van der Waals surface area contributed by atoms with Gasteiger partial charge in [0.15, 0.2) is 0 Å². The number of likely N-dealkylation sites (tertiary alicyclic amines) is 1. The van der Waals surface area contributed by atoms with Gasteiger partial charge in [0.2, 0.25) is 0 Å². The van der Waals surface area contributed by atoms with E-state index in [-0.39, 0.29) is 0 Å². The summed E-state index contributed by atoms with van der Waals surface area (Å²) in [7, 11) is 4.36. The molecule has 1 fully saturated rings. The van der Waals surface area contributed by atoms with Crippen molar-refractivity contribution in [3.05, 3.63) is 0 Å². The topological polar surface area (TPSA) is 6.48 Å². The predicted octanol–water partition coefficient (Wildman–Crippen LogP) is 1.97. The van der Waals surface area contributed by atoms with Gasteiger partial charge in [-0.25, -0.2) is 0 Å². The molecule has 0 aromatic heterocycles. The number of hydrogen-bond acceptors (Lipinski definition) is 3. The number of rotatable bonds is 6. The average molecular weight is 230 g/mol. The van der Waals surface area contributed by atoms with Crippen molar-refractivity contribution in [1.29, 1.82) is 0 Å². The molecule has 0 bridgehead atoms. The van der Waals surface area contributed by atoms with Gasteiger partial charge in [-0.15, -0.1) is 0 Å². The molecule has 1 rings (SSSR count). The molecule has 1 aliphatic heterocycles. The number of nitrogens with zero attached hydrogens (tertiary/aromatic N) is 2. The minimum absolute atomic E-state index is 0.932. The lowest BCUT2D eigenvalue weighted by Crippen LogP contribution is -2.37. The number of unbranched alkanes of at least 4 members (excludes halogenated alkanes) is 1. The largest absolute Gasteiger partial charge is 0.309 e. The molecule has 0 spiro atoms. The standard InChI is InChI=1S/C12H26N2S/c1-13(2)11-12-5-8-14(9-6-12)7-3-4-10-15/h12,15H,3-11H2,1-2H3. The van der Waals surface area contributed by atoms with Crippen LogP contribution in [0.3, 0.4) is 0 Å². The van der Waals surface area contributed by atoms with E-state index in [4.69, 9.17) is 0 Å². The van der Waals surface area contributed by atoms with Crippen molar-refractivity contribution in [1.82, 2.24) is 9.80 Å². The number of hydrogen-bond donors (Lipinski definition) is 1. The molecule has 0 radical (unpaired) electrons. The Morgan fingerprint density at radius 3 is 2.40 bits per heavy atom. The van der Waals surface area contributed by atoms with Gasteiger partial charge in [0.1, 0.15) is 0 Å². The third-order valence-electron chi connectivity index (χ3n) is 3.21. The minimum atomic E-state index is 0.932. The lowest BCUT2D eigenvalue weighted by molar-refractivity contribution is 0.161. The van der Waals surface area contributed by atoms with Crippen molar-refractivity contribution >= 4 is 12.6 Å². The molecule has 0 N–H and O–H groups in total. The van der Waals surface area contributed by atoms with Crippen LogP contribution < -0.4 is 0 Å². The molecule has 0 aromatic carbocycles. The summed E-state index contributed by atoms with van der Waals surface area (Å²) < 4.78 is 0. The number of piperidine rings is 1. The Morgan fingerprint density at radius 2 is 1.87 bits per heavy atom. The molecular formula is C12H26N2S. The summed E-state index contributed by atoms with van der Waals surface area (Å²) in [6.07, 6.45) is 5.36. The predicted molar refractivity (Wildman–Crippen MR) is 70.8 cm³/mol. The fraction of sp³-hybridized carbons (Fsp3) is 1.00. The van der Waals surface area contributed by atoms with Gasteiger partial charge in [0, 0.05) is 6.54 Å². The summed E-state index contributed by atoms with van der Waals surface area (Å²) in [5, 5.41) is 0. The molecule has 0 aromatic rings. The second kappa shape index (κ2) is 7.53. The van der Waals surface area contributed by atoms with Gasteiger partial charge in [0.25, 0.3) is 0 Å². The zero-order valence-electron chi connectivity index (χ0n) is 10.3. The summed E-state index contributed by atoms with van der Waals surface area (Å²) in [6.45, 7) is 5.18. The van der Waals surface area contributed by atoms with Gasteiger partial charge in [-0.2, -0.15) is 12.6 Å². The molecule has 3 heteroatoms. The summed E-state index contributed by atoms with van der Waals surface area (Å²) in [5.41, 5.74) is 0. The summed E-state index contributed by atoms with van der Waals surface area (Å²) in [4.78, 5) is 4.94. The van der Waals surface area contributed by atoms with Crippen molar-refractivity contribution in [2.45, 2.75) is 25.7 Å². The van der Waals surface area contributed by atoms with E-state index in [0.717, 1.165) is 11.7 Å². The normalized spacial score (nSPS) is 20.0. The van der Waals surface area contributed by atoms with Crippen LogP contribution in [-0.2, 0) is 0 Å². The highest BCUT2D eigenvalue weighted by atomic mass is 32.1. The maximum Gasteiger partial charge on any atom is 0.000451 e. The van der Waals surface area contributed by atoms with Crippen molar-refractivity contribution in [3.8, 4) is 0 Å². The fourth-order valence-electron chi connectivity index (χ4n) is 2.36. The van der Waals surface area contributed by atoms with E-state index in [9.17, 15) is 0 Å². The van der Waals surface area contributed by atoms with Crippen LogP contribution in [0.15, 0.2) is 0 Å². The zero-order valence-corrected chi connectivity index (χ0v) is 11.2. The van der Waals surface area contributed by atoms with Gasteiger partial charge in [-0.1, -0.05) is 0 Å². The fourth-order valence-corrected chi connectivity index (χ4v) is 2.58. The second-order valence-corrected chi connectivity index (χ2v) is 5.43. The third-order valence-corrected chi connectivity index (χ3v) is 3.53. The molecule has 1 saturated heterocycles. The van der Waals surface area contributed by atoms with Crippen LogP contribution in [0.4, 0.5) is 0 Å². The first-order valence-electron chi connectivity index (χ1n) is 6.20. The molecule has 15 heavy (non-hydrogen) atoms. The molecule has 0 aliphatic carbocycles. The first kappa shape index (κ1) is 13.3. The first-order chi connectivity index (χ1) is 7.22. The van der Waals surface area contributed by atoms with Crippen LogP contribution in [0.5, 0.6) is 0 Å². The van der Waals surface area contributed by atoms with Gasteiger partial charge >= 0.3 is 0 Å². The maximum absolute atomic E-state index is 4.25. The van der Waals surface area contributed by atoms with E-state index >= 15 is 0 Å². The van der Waals surface area contributed by atoms with Crippen LogP contribution >= 0.6 is 12.6 Å². The maximum atomic E-state index is 4.25. The first-order valence-corrected chi connectivity index (χ1v) is 6.83. The molecule has 1 heterocycles. The third kappa shape index (κ3) is 5.79. The monoisotopic (exact) mass is 230 g/mol. The van der Waals surface area contributed by atoms with Crippen LogP contribution in [0.2, 0.25) is 0 Å². The van der Waals surface area contributed by atoms with E-state index in [1.165, 1.54) is 51.9 Å². The van der Waals surface area contributed by atoms with E-state index < -0.39 is 0 Å². The summed E-state index contributed by atoms with van der Waals surface area (Å²) in [6, 6.07) is 0. The van der Waals surface area contributed by atoms with Crippen LogP contribution in [0.25, 0.3) is 0 Å². The van der Waals surface area contributed by atoms with Crippen molar-refractivity contribution in [2.24, 2.45) is 5.92 Å². The van der Waals surface area contributed by atoms with Crippen LogP contribution in [-0.4, -0.2) is 55.8 Å². The highest BCUT2D eigenvalue weighted by Crippen LogP contribution is 2.17. The Bertz CT molecular complexity index is 154. The van der Waals surface area contributed by atoms with Crippen LogP contribution in [0.1, 0.15) is 25.7 Å².